The second-order valence-electron chi connectivity index (χ2n) is 6.24. The maximum Gasteiger partial charge on any atom is 0.417 e. The molecular formula is C19H21ClF3N2O3+. The number of anilines is 1. The predicted octanol–water partition coefficient (Wildman–Crippen LogP) is 3.03. The molecule has 2 rings (SSSR count). The van der Waals surface area contributed by atoms with E-state index in [1.165, 1.54) is 13.2 Å². The van der Waals surface area contributed by atoms with E-state index in [9.17, 15) is 18.0 Å². The van der Waals surface area contributed by atoms with E-state index < -0.39 is 22.7 Å². The van der Waals surface area contributed by atoms with Gasteiger partial charge in [-0.25, -0.2) is 0 Å². The summed E-state index contributed by atoms with van der Waals surface area (Å²) in [5.41, 5.74) is -0.0209. The first-order valence-electron chi connectivity index (χ1n) is 8.33. The third kappa shape index (κ3) is 5.77. The van der Waals surface area contributed by atoms with E-state index in [0.29, 0.717) is 18.0 Å². The average molecular weight is 418 g/mol. The summed E-state index contributed by atoms with van der Waals surface area (Å²) in [6.07, 6.45) is -4.59. The highest BCUT2D eigenvalue weighted by Crippen LogP contribution is 2.36. The quantitative estimate of drug-likeness (QED) is 0.728. The minimum Gasteiger partial charge on any atom is -0.493 e. The first-order chi connectivity index (χ1) is 13.1. The van der Waals surface area contributed by atoms with Crippen molar-refractivity contribution in [3.63, 3.8) is 0 Å². The Labute approximate surface area is 166 Å². The molecular weight excluding hydrogens is 397 g/mol. The van der Waals surface area contributed by atoms with Gasteiger partial charge in [0.05, 0.1) is 31.9 Å². The predicted molar refractivity (Wildman–Crippen MR) is 100 cm³/mol. The number of methoxy groups -OCH3 is 2. The molecule has 0 saturated heterocycles. The number of nitrogens with one attached hydrogen (secondary N) is 2. The van der Waals surface area contributed by atoms with Crippen LogP contribution in [0.3, 0.4) is 0 Å². The van der Waals surface area contributed by atoms with Gasteiger partial charge in [-0.05, 0) is 36.4 Å². The van der Waals surface area contributed by atoms with Gasteiger partial charge in [0.2, 0.25) is 0 Å². The molecule has 9 heteroatoms. The number of rotatable bonds is 7. The summed E-state index contributed by atoms with van der Waals surface area (Å²) in [7, 11) is 4.88. The number of quaternary nitrogens is 1. The topological polar surface area (TPSA) is 52.0 Å². The lowest BCUT2D eigenvalue weighted by Gasteiger charge is -2.16. The van der Waals surface area contributed by atoms with Gasteiger partial charge in [0.1, 0.15) is 6.54 Å². The van der Waals surface area contributed by atoms with Crippen LogP contribution in [0, 0.1) is 0 Å². The first-order valence-corrected chi connectivity index (χ1v) is 8.70. The number of carbonyl (C=O) groups is 1. The van der Waals surface area contributed by atoms with Crippen molar-refractivity contribution in [1.82, 2.24) is 0 Å². The molecule has 5 nitrogen and oxygen atoms in total. The van der Waals surface area contributed by atoms with Crippen LogP contribution in [0.2, 0.25) is 5.02 Å². The molecule has 152 valence electrons. The maximum absolute atomic E-state index is 12.9. The van der Waals surface area contributed by atoms with Crippen molar-refractivity contribution in [2.45, 2.75) is 12.7 Å². The fourth-order valence-corrected chi connectivity index (χ4v) is 2.93. The number of hydrogen-bond acceptors (Lipinski definition) is 3. The Morgan fingerprint density at radius 2 is 1.79 bits per heavy atom. The molecule has 2 aromatic rings. The SMILES string of the molecule is COc1ccc(C[NH+](C)CC(=O)Nc2ccc(Cl)c(C(F)(F)F)c2)cc1OC. The highest BCUT2D eigenvalue weighted by molar-refractivity contribution is 6.31. The van der Waals surface area contributed by atoms with E-state index >= 15 is 0 Å². The zero-order chi connectivity index (χ0) is 20.9. The summed E-state index contributed by atoms with van der Waals surface area (Å²) in [4.78, 5) is 13.0. The zero-order valence-corrected chi connectivity index (χ0v) is 16.4. The number of benzene rings is 2. The van der Waals surface area contributed by atoms with Gasteiger partial charge in [0.25, 0.3) is 5.91 Å². The monoisotopic (exact) mass is 417 g/mol. The number of hydrogen-bond donors (Lipinski definition) is 2. The van der Waals surface area contributed by atoms with Crippen LogP contribution >= 0.6 is 11.6 Å². The summed E-state index contributed by atoms with van der Waals surface area (Å²) < 4.78 is 49.2. The van der Waals surface area contributed by atoms with Crippen LogP contribution in [-0.4, -0.2) is 33.7 Å². The molecule has 0 saturated carbocycles. The lowest BCUT2D eigenvalue weighted by molar-refractivity contribution is -0.885. The van der Waals surface area contributed by atoms with Gasteiger partial charge in [-0.2, -0.15) is 13.2 Å². The van der Waals surface area contributed by atoms with Crippen LogP contribution < -0.4 is 19.7 Å². The summed E-state index contributed by atoms with van der Waals surface area (Å²) in [6.45, 7) is 0.584. The minimum absolute atomic E-state index is 0.0423. The van der Waals surface area contributed by atoms with Crippen LogP contribution in [-0.2, 0) is 17.5 Å². The number of halogens is 4. The van der Waals surface area contributed by atoms with Crippen molar-refractivity contribution in [3.8, 4) is 11.5 Å². The first kappa shape index (κ1) is 21.8. The lowest BCUT2D eigenvalue weighted by atomic mass is 10.2. The summed E-state index contributed by atoms with van der Waals surface area (Å²) in [5.74, 6) is 0.774. The van der Waals surface area contributed by atoms with Crippen molar-refractivity contribution in [1.29, 1.82) is 0 Å². The number of likely N-dealkylation sites (N-methyl/N-ethyl adjacent to an activating group) is 1. The van der Waals surface area contributed by atoms with Gasteiger partial charge in [0, 0.05) is 11.3 Å². The maximum atomic E-state index is 12.9. The van der Waals surface area contributed by atoms with Gasteiger partial charge in [0.15, 0.2) is 18.0 Å². The van der Waals surface area contributed by atoms with Gasteiger partial charge in [-0.1, -0.05) is 11.6 Å². The molecule has 0 aliphatic rings. The van der Waals surface area contributed by atoms with Crippen molar-refractivity contribution >= 4 is 23.2 Å². The summed E-state index contributed by atoms with van der Waals surface area (Å²) in [6, 6.07) is 8.71. The molecule has 0 heterocycles. The Balaban J connectivity index is 2.00. The normalized spacial score (nSPS) is 12.4. The molecule has 1 atom stereocenters. The fraction of sp³-hybridized carbons (Fsp3) is 0.316. The van der Waals surface area contributed by atoms with E-state index in [-0.39, 0.29) is 12.2 Å². The Morgan fingerprint density at radius 1 is 1.11 bits per heavy atom. The molecule has 0 aliphatic heterocycles. The second kappa shape index (κ2) is 9.16. The van der Waals surface area contributed by atoms with Crippen molar-refractivity contribution in [2.24, 2.45) is 0 Å². The largest absolute Gasteiger partial charge is 0.493 e. The Hall–Kier alpha value is -2.45. The minimum atomic E-state index is -4.59. The van der Waals surface area contributed by atoms with E-state index in [0.717, 1.165) is 22.6 Å². The summed E-state index contributed by atoms with van der Waals surface area (Å²) in [5, 5.41) is 2.06. The zero-order valence-electron chi connectivity index (χ0n) is 15.6. The van der Waals surface area contributed by atoms with Crippen LogP contribution in [0.5, 0.6) is 11.5 Å². The molecule has 0 fully saturated rings. The van der Waals surface area contributed by atoms with E-state index in [4.69, 9.17) is 21.1 Å². The van der Waals surface area contributed by atoms with Crippen molar-refractivity contribution in [2.75, 3.05) is 33.1 Å². The molecule has 1 amide bonds. The summed E-state index contributed by atoms with van der Waals surface area (Å²) >= 11 is 5.58. The van der Waals surface area contributed by atoms with Gasteiger partial charge in [-0.3, -0.25) is 4.79 Å². The number of alkyl halides is 3. The lowest BCUT2D eigenvalue weighted by Crippen LogP contribution is -3.08. The van der Waals surface area contributed by atoms with Crippen LogP contribution in [0.15, 0.2) is 36.4 Å². The second-order valence-corrected chi connectivity index (χ2v) is 6.65. The number of carbonyl (C=O) groups excluding carboxylic acids is 1. The highest BCUT2D eigenvalue weighted by Gasteiger charge is 2.33. The van der Waals surface area contributed by atoms with Gasteiger partial charge in [-0.15, -0.1) is 0 Å². The molecule has 0 aromatic heterocycles. The van der Waals surface area contributed by atoms with E-state index in [1.807, 2.05) is 12.1 Å². The Kier molecular flexibility index (Phi) is 7.15. The fourth-order valence-electron chi connectivity index (χ4n) is 2.70. The number of amides is 1. The van der Waals surface area contributed by atoms with E-state index in [1.54, 1.807) is 20.2 Å². The highest BCUT2D eigenvalue weighted by atomic mass is 35.5. The molecule has 2 N–H and O–H groups in total. The van der Waals surface area contributed by atoms with E-state index in [2.05, 4.69) is 5.32 Å². The van der Waals surface area contributed by atoms with Crippen molar-refractivity contribution < 1.29 is 32.3 Å². The van der Waals surface area contributed by atoms with Crippen molar-refractivity contribution in [3.05, 3.63) is 52.5 Å². The van der Waals surface area contributed by atoms with Crippen LogP contribution in [0.4, 0.5) is 18.9 Å². The molecule has 1 unspecified atom stereocenters. The molecule has 0 bridgehead atoms. The third-order valence-corrected chi connectivity index (χ3v) is 4.30. The average Bonchev–Trinajstić information content (AvgIpc) is 2.62. The Morgan fingerprint density at radius 3 is 2.39 bits per heavy atom. The molecule has 0 aliphatic carbocycles. The molecule has 0 radical (unpaired) electrons. The molecule has 0 spiro atoms. The van der Waals surface area contributed by atoms with Gasteiger partial charge >= 0.3 is 6.18 Å². The molecule has 2 aromatic carbocycles. The Bertz CT molecular complexity index is 844. The van der Waals surface area contributed by atoms with Crippen LogP contribution in [0.1, 0.15) is 11.1 Å². The molecule has 28 heavy (non-hydrogen) atoms. The standard InChI is InChI=1S/C19H20ClF3N2O3/c1-25(10-12-4-7-16(27-2)17(8-12)28-3)11-18(26)24-13-5-6-15(20)14(9-13)19(21,22)23/h4-9H,10-11H2,1-3H3,(H,24,26)/p+1. The third-order valence-electron chi connectivity index (χ3n) is 3.97. The van der Waals surface area contributed by atoms with Gasteiger partial charge < -0.3 is 19.7 Å². The van der Waals surface area contributed by atoms with Crippen LogP contribution in [0.25, 0.3) is 0 Å². The number of ether oxygens (including phenoxy) is 2. The smallest absolute Gasteiger partial charge is 0.417 e.